The summed E-state index contributed by atoms with van der Waals surface area (Å²) >= 11 is 0. The lowest BCUT2D eigenvalue weighted by Gasteiger charge is -2.15. The quantitative estimate of drug-likeness (QED) is 0.218. The Hall–Kier alpha value is -1.31. The minimum Gasteiger partial charge on any atom is -0.357 e. The minimum atomic E-state index is 0. The first kappa shape index (κ1) is 24.7. The van der Waals surface area contributed by atoms with Gasteiger partial charge in [0, 0.05) is 39.1 Å². The highest BCUT2D eigenvalue weighted by Crippen LogP contribution is 2.22. The molecule has 5 nitrogen and oxygen atoms in total. The molecule has 2 rings (SSSR count). The summed E-state index contributed by atoms with van der Waals surface area (Å²) in [5.41, 5.74) is 2.56. The Morgan fingerprint density at radius 3 is 2.39 bits per heavy atom. The Bertz CT molecular complexity index is 593. The van der Waals surface area contributed by atoms with E-state index in [-0.39, 0.29) is 29.9 Å². The molecule has 0 fully saturated rings. The maximum atomic E-state index is 12.4. The van der Waals surface area contributed by atoms with Crippen molar-refractivity contribution in [2.45, 2.75) is 66.0 Å². The monoisotopic (exact) mass is 500 g/mol. The number of hydrogen-bond acceptors (Lipinski definition) is 2. The first-order valence-electron chi connectivity index (χ1n) is 10.5. The van der Waals surface area contributed by atoms with Crippen LogP contribution >= 0.6 is 24.0 Å². The smallest absolute Gasteiger partial charge is 0.223 e. The zero-order valence-electron chi connectivity index (χ0n) is 17.7. The van der Waals surface area contributed by atoms with Gasteiger partial charge in [-0.1, -0.05) is 51.0 Å². The van der Waals surface area contributed by atoms with Crippen LogP contribution in [0.5, 0.6) is 0 Å². The van der Waals surface area contributed by atoms with Crippen molar-refractivity contribution in [2.24, 2.45) is 10.9 Å². The molecule has 0 bridgehead atoms. The van der Waals surface area contributed by atoms with Crippen LogP contribution in [-0.4, -0.2) is 36.4 Å². The van der Waals surface area contributed by atoms with E-state index in [9.17, 15) is 4.79 Å². The molecule has 0 spiro atoms. The number of rotatable bonds is 10. The highest BCUT2D eigenvalue weighted by Gasteiger charge is 2.22. The maximum absolute atomic E-state index is 12.4. The van der Waals surface area contributed by atoms with Crippen LogP contribution in [0, 0.1) is 5.92 Å². The molecule has 0 radical (unpaired) electrons. The number of halogens is 1. The summed E-state index contributed by atoms with van der Waals surface area (Å²) in [5, 5.41) is 6.67. The van der Waals surface area contributed by atoms with Gasteiger partial charge in [-0.15, -0.1) is 24.0 Å². The standard InChI is InChI=1S/C22H36N4O.HI/c1-4-23-22(24-14-8-7-10-18(2)3)25-15-9-13-21(27)26-16-19-11-5-6-12-20(19)17-26;/h5-6,11-12,18H,4,7-10,13-17H2,1-3H3,(H2,23,24,25);1H. The molecular formula is C22H37IN4O. The molecule has 6 heteroatoms. The molecule has 1 aromatic carbocycles. The van der Waals surface area contributed by atoms with E-state index in [1.165, 1.54) is 24.0 Å². The van der Waals surface area contributed by atoms with Crippen molar-refractivity contribution >= 4 is 35.8 Å². The Kier molecular flexibility index (Phi) is 12.2. The van der Waals surface area contributed by atoms with Crippen molar-refractivity contribution in [3.8, 4) is 0 Å². The number of benzene rings is 1. The van der Waals surface area contributed by atoms with Gasteiger partial charge in [-0.25, -0.2) is 0 Å². The first-order chi connectivity index (χ1) is 13.1. The Morgan fingerprint density at radius 1 is 1.11 bits per heavy atom. The molecule has 158 valence electrons. The molecule has 28 heavy (non-hydrogen) atoms. The number of hydrogen-bond donors (Lipinski definition) is 2. The molecule has 0 unspecified atom stereocenters. The zero-order valence-corrected chi connectivity index (χ0v) is 20.0. The molecule has 1 aromatic rings. The fourth-order valence-corrected chi connectivity index (χ4v) is 3.31. The number of nitrogens with zero attached hydrogens (tertiary/aromatic N) is 2. The van der Waals surface area contributed by atoms with E-state index in [2.05, 4.69) is 48.5 Å². The van der Waals surface area contributed by atoms with Crippen LogP contribution in [0.4, 0.5) is 0 Å². The van der Waals surface area contributed by atoms with E-state index in [1.54, 1.807) is 0 Å². The van der Waals surface area contributed by atoms with Crippen LogP contribution in [0.3, 0.4) is 0 Å². The van der Waals surface area contributed by atoms with Gasteiger partial charge in [0.25, 0.3) is 0 Å². The molecule has 2 N–H and O–H groups in total. The maximum Gasteiger partial charge on any atom is 0.223 e. The normalized spacial score (nSPS) is 13.3. The fraction of sp³-hybridized carbons (Fsp3) is 0.636. The first-order valence-corrected chi connectivity index (χ1v) is 10.5. The molecule has 0 aliphatic carbocycles. The van der Waals surface area contributed by atoms with Gasteiger partial charge >= 0.3 is 0 Å². The summed E-state index contributed by atoms with van der Waals surface area (Å²) in [6.45, 7) is 10.6. The Balaban J connectivity index is 0.00000392. The van der Waals surface area contributed by atoms with Crippen molar-refractivity contribution < 1.29 is 4.79 Å². The van der Waals surface area contributed by atoms with Crippen molar-refractivity contribution in [1.29, 1.82) is 0 Å². The van der Waals surface area contributed by atoms with Crippen LogP contribution < -0.4 is 10.6 Å². The number of carbonyl (C=O) groups is 1. The number of guanidine groups is 1. The number of amides is 1. The van der Waals surface area contributed by atoms with Crippen molar-refractivity contribution in [1.82, 2.24) is 15.5 Å². The molecule has 1 aliphatic rings. The molecule has 0 saturated carbocycles. The number of carbonyl (C=O) groups excluding carboxylic acids is 1. The van der Waals surface area contributed by atoms with Gasteiger partial charge in [0.1, 0.15) is 0 Å². The topological polar surface area (TPSA) is 56.7 Å². The van der Waals surface area contributed by atoms with E-state index in [1.807, 2.05) is 17.0 Å². The van der Waals surface area contributed by atoms with Gasteiger partial charge in [-0.05, 0) is 36.8 Å². The molecule has 0 aromatic heterocycles. The molecule has 1 aliphatic heterocycles. The van der Waals surface area contributed by atoms with Crippen LogP contribution in [0.15, 0.2) is 29.3 Å². The van der Waals surface area contributed by atoms with Gasteiger partial charge < -0.3 is 15.5 Å². The van der Waals surface area contributed by atoms with Gasteiger partial charge in [-0.2, -0.15) is 0 Å². The van der Waals surface area contributed by atoms with E-state index >= 15 is 0 Å². The second-order valence-electron chi connectivity index (χ2n) is 7.70. The Morgan fingerprint density at radius 2 is 1.79 bits per heavy atom. The van der Waals surface area contributed by atoms with E-state index in [0.717, 1.165) is 50.9 Å². The van der Waals surface area contributed by atoms with E-state index in [4.69, 9.17) is 0 Å². The number of nitrogens with one attached hydrogen (secondary N) is 2. The fourth-order valence-electron chi connectivity index (χ4n) is 3.31. The summed E-state index contributed by atoms with van der Waals surface area (Å²) in [6.07, 6.45) is 5.03. The average molecular weight is 500 g/mol. The van der Waals surface area contributed by atoms with E-state index < -0.39 is 0 Å². The highest BCUT2D eigenvalue weighted by molar-refractivity contribution is 14.0. The van der Waals surface area contributed by atoms with Crippen molar-refractivity contribution in [3.05, 3.63) is 35.4 Å². The lowest BCUT2D eigenvalue weighted by molar-refractivity contribution is -0.131. The molecule has 0 saturated heterocycles. The minimum absolute atomic E-state index is 0. The predicted molar refractivity (Wildman–Crippen MR) is 128 cm³/mol. The van der Waals surface area contributed by atoms with Gasteiger partial charge in [0.05, 0.1) is 0 Å². The lowest BCUT2D eigenvalue weighted by atomic mass is 10.1. The van der Waals surface area contributed by atoms with Crippen LogP contribution in [-0.2, 0) is 17.9 Å². The van der Waals surface area contributed by atoms with Crippen molar-refractivity contribution in [2.75, 3.05) is 19.6 Å². The third-order valence-corrected chi connectivity index (χ3v) is 4.86. The summed E-state index contributed by atoms with van der Waals surface area (Å²) in [5.74, 6) is 1.86. The zero-order chi connectivity index (χ0) is 19.5. The summed E-state index contributed by atoms with van der Waals surface area (Å²) in [7, 11) is 0. The molecule has 1 heterocycles. The van der Waals surface area contributed by atoms with Gasteiger partial charge in [-0.3, -0.25) is 9.79 Å². The van der Waals surface area contributed by atoms with Gasteiger partial charge in [0.15, 0.2) is 5.96 Å². The third kappa shape index (κ3) is 8.80. The van der Waals surface area contributed by atoms with Crippen LogP contribution in [0.1, 0.15) is 64.0 Å². The summed E-state index contributed by atoms with van der Waals surface area (Å²) in [6, 6.07) is 8.31. The number of aliphatic imine (C=N–C) groups is 1. The molecular weight excluding hydrogens is 463 g/mol. The second kappa shape index (κ2) is 13.8. The summed E-state index contributed by atoms with van der Waals surface area (Å²) < 4.78 is 0. The molecule has 0 atom stereocenters. The number of fused-ring (bicyclic) bond motifs is 1. The number of unbranched alkanes of at least 4 members (excludes halogenated alkanes) is 1. The highest BCUT2D eigenvalue weighted by atomic mass is 127. The van der Waals surface area contributed by atoms with Crippen molar-refractivity contribution in [3.63, 3.8) is 0 Å². The largest absolute Gasteiger partial charge is 0.357 e. The molecule has 1 amide bonds. The summed E-state index contributed by atoms with van der Waals surface area (Å²) in [4.78, 5) is 19.0. The van der Waals surface area contributed by atoms with Gasteiger partial charge in [0.2, 0.25) is 5.91 Å². The van der Waals surface area contributed by atoms with Crippen LogP contribution in [0.2, 0.25) is 0 Å². The lowest BCUT2D eigenvalue weighted by Crippen LogP contribution is -2.38. The SMILES string of the molecule is CCNC(=NCCCC(=O)N1Cc2ccccc2C1)NCCCCC(C)C.I. The predicted octanol–water partition coefficient (Wildman–Crippen LogP) is 4.31. The third-order valence-electron chi connectivity index (χ3n) is 4.86. The van der Waals surface area contributed by atoms with Crippen LogP contribution in [0.25, 0.3) is 0 Å². The second-order valence-corrected chi connectivity index (χ2v) is 7.70. The van der Waals surface area contributed by atoms with E-state index in [0.29, 0.717) is 13.0 Å². The Labute approximate surface area is 187 Å². The average Bonchev–Trinajstić information content (AvgIpc) is 3.08.